The van der Waals surface area contributed by atoms with Gasteiger partial charge < -0.3 is 10.5 Å². The second-order valence-electron chi connectivity index (χ2n) is 4.80. The molecule has 1 heterocycles. The van der Waals surface area contributed by atoms with Crippen LogP contribution in [0.15, 0.2) is 29.2 Å². The lowest BCUT2D eigenvalue weighted by atomic mass is 9.75. The fourth-order valence-corrected chi connectivity index (χ4v) is 4.35. The summed E-state index contributed by atoms with van der Waals surface area (Å²) in [5.41, 5.74) is 5.83. The van der Waals surface area contributed by atoms with Gasteiger partial charge in [-0.1, -0.05) is 18.2 Å². The lowest BCUT2D eigenvalue weighted by molar-refractivity contribution is -0.142. The minimum Gasteiger partial charge on any atom is -0.469 e. The van der Waals surface area contributed by atoms with Gasteiger partial charge in [0.15, 0.2) is 9.84 Å². The Morgan fingerprint density at radius 3 is 2.74 bits per heavy atom. The minimum absolute atomic E-state index is 0.0121. The second-order valence-corrected chi connectivity index (χ2v) is 6.88. The summed E-state index contributed by atoms with van der Waals surface area (Å²) in [6, 6.07) is 6.76. The van der Waals surface area contributed by atoms with Crippen LogP contribution in [0.2, 0.25) is 0 Å². The summed E-state index contributed by atoms with van der Waals surface area (Å²) in [5.74, 6) is -0.363. The van der Waals surface area contributed by atoms with E-state index in [1.54, 1.807) is 24.3 Å². The largest absolute Gasteiger partial charge is 0.469 e. The standard InChI is InChI=1S/C13H17NO4S/c1-18-12(15)8-13(9-14)6-7-19(16,17)11-5-3-2-4-10(11)13/h2-5H,6-9,14H2,1H3. The van der Waals surface area contributed by atoms with E-state index >= 15 is 0 Å². The third-order valence-corrected chi connectivity index (χ3v) is 5.51. The first-order valence-corrected chi connectivity index (χ1v) is 7.69. The van der Waals surface area contributed by atoms with Crippen molar-refractivity contribution in [2.75, 3.05) is 19.4 Å². The van der Waals surface area contributed by atoms with Crippen molar-refractivity contribution in [2.24, 2.45) is 5.73 Å². The molecule has 0 bridgehead atoms. The highest BCUT2D eigenvalue weighted by molar-refractivity contribution is 7.91. The van der Waals surface area contributed by atoms with Gasteiger partial charge in [0, 0.05) is 12.0 Å². The Labute approximate surface area is 112 Å². The number of esters is 1. The number of benzene rings is 1. The maximum Gasteiger partial charge on any atom is 0.306 e. The first kappa shape index (κ1) is 14.0. The molecule has 1 atom stereocenters. The minimum atomic E-state index is -3.27. The number of hydrogen-bond acceptors (Lipinski definition) is 5. The van der Waals surface area contributed by atoms with Gasteiger partial charge in [-0.25, -0.2) is 8.42 Å². The maximum absolute atomic E-state index is 12.1. The molecule has 1 unspecified atom stereocenters. The van der Waals surface area contributed by atoms with Crippen LogP contribution in [0.25, 0.3) is 0 Å². The zero-order valence-electron chi connectivity index (χ0n) is 10.8. The van der Waals surface area contributed by atoms with Crippen LogP contribution in [0.1, 0.15) is 18.4 Å². The summed E-state index contributed by atoms with van der Waals surface area (Å²) in [5, 5.41) is 0. The topological polar surface area (TPSA) is 86.5 Å². The number of nitrogens with two attached hydrogens (primary N) is 1. The monoisotopic (exact) mass is 283 g/mol. The van der Waals surface area contributed by atoms with Crippen LogP contribution in [0, 0.1) is 0 Å². The van der Waals surface area contributed by atoms with Crippen LogP contribution < -0.4 is 5.73 Å². The molecule has 5 nitrogen and oxygen atoms in total. The summed E-state index contributed by atoms with van der Waals surface area (Å²) in [6.45, 7) is 0.217. The van der Waals surface area contributed by atoms with Gasteiger partial charge in [-0.05, 0) is 18.1 Å². The summed E-state index contributed by atoms with van der Waals surface area (Å²) in [7, 11) is -1.96. The highest BCUT2D eigenvalue weighted by atomic mass is 32.2. The Hall–Kier alpha value is -1.40. The molecule has 104 valence electrons. The zero-order valence-corrected chi connectivity index (χ0v) is 11.6. The average Bonchev–Trinajstić information content (AvgIpc) is 2.42. The van der Waals surface area contributed by atoms with E-state index in [1.807, 2.05) is 0 Å². The number of carbonyl (C=O) groups excluding carboxylic acids is 1. The van der Waals surface area contributed by atoms with Gasteiger partial charge in [0.2, 0.25) is 0 Å². The first-order valence-electron chi connectivity index (χ1n) is 6.04. The van der Waals surface area contributed by atoms with E-state index in [0.29, 0.717) is 12.0 Å². The lowest BCUT2D eigenvalue weighted by Crippen LogP contribution is -2.43. The molecule has 6 heteroatoms. The molecular weight excluding hydrogens is 266 g/mol. The maximum atomic E-state index is 12.1. The predicted molar refractivity (Wildman–Crippen MR) is 70.5 cm³/mol. The van der Waals surface area contributed by atoms with Gasteiger partial charge in [0.05, 0.1) is 24.2 Å². The molecule has 0 spiro atoms. The van der Waals surface area contributed by atoms with Crippen molar-refractivity contribution in [3.63, 3.8) is 0 Å². The third kappa shape index (κ3) is 2.37. The van der Waals surface area contributed by atoms with Crippen LogP contribution in [-0.4, -0.2) is 33.8 Å². The Morgan fingerprint density at radius 2 is 2.11 bits per heavy atom. The molecule has 0 fully saturated rings. The van der Waals surface area contributed by atoms with Crippen molar-refractivity contribution in [1.29, 1.82) is 0 Å². The molecule has 0 aliphatic carbocycles. The van der Waals surface area contributed by atoms with Gasteiger partial charge in [-0.3, -0.25) is 4.79 Å². The fourth-order valence-electron chi connectivity index (χ4n) is 2.57. The predicted octanol–water partition coefficient (Wildman–Crippen LogP) is 0.624. The normalized spacial score (nSPS) is 24.5. The van der Waals surface area contributed by atoms with E-state index in [9.17, 15) is 13.2 Å². The first-order chi connectivity index (χ1) is 8.95. The summed E-state index contributed by atoms with van der Waals surface area (Å²) < 4.78 is 28.9. The van der Waals surface area contributed by atoms with Crippen LogP contribution in [-0.2, 0) is 24.8 Å². The van der Waals surface area contributed by atoms with E-state index in [-0.39, 0.29) is 29.6 Å². The average molecular weight is 283 g/mol. The van der Waals surface area contributed by atoms with Gasteiger partial charge in [-0.2, -0.15) is 0 Å². The number of hydrogen-bond donors (Lipinski definition) is 1. The van der Waals surface area contributed by atoms with E-state index < -0.39 is 15.3 Å². The number of carbonyl (C=O) groups is 1. The molecular formula is C13H17NO4S. The fraction of sp³-hybridized carbons (Fsp3) is 0.462. The van der Waals surface area contributed by atoms with Crippen LogP contribution in [0.4, 0.5) is 0 Å². The molecule has 19 heavy (non-hydrogen) atoms. The van der Waals surface area contributed by atoms with Crippen molar-refractivity contribution in [3.8, 4) is 0 Å². The van der Waals surface area contributed by atoms with Crippen molar-refractivity contribution in [2.45, 2.75) is 23.2 Å². The van der Waals surface area contributed by atoms with Crippen LogP contribution >= 0.6 is 0 Å². The Balaban J connectivity index is 2.56. The smallest absolute Gasteiger partial charge is 0.306 e. The number of ether oxygens (including phenoxy) is 1. The molecule has 1 aliphatic rings. The zero-order chi connectivity index (χ0) is 14.1. The number of methoxy groups -OCH3 is 1. The van der Waals surface area contributed by atoms with Crippen LogP contribution in [0.3, 0.4) is 0 Å². The van der Waals surface area contributed by atoms with Gasteiger partial charge in [-0.15, -0.1) is 0 Å². The van der Waals surface area contributed by atoms with Gasteiger partial charge >= 0.3 is 5.97 Å². The number of sulfone groups is 1. The molecule has 2 N–H and O–H groups in total. The van der Waals surface area contributed by atoms with Crippen molar-refractivity contribution in [3.05, 3.63) is 29.8 Å². The Kier molecular flexibility index (Phi) is 3.64. The van der Waals surface area contributed by atoms with E-state index in [0.717, 1.165) is 0 Å². The number of fused-ring (bicyclic) bond motifs is 1. The molecule has 0 saturated heterocycles. The molecule has 0 radical (unpaired) electrons. The summed E-state index contributed by atoms with van der Waals surface area (Å²) >= 11 is 0. The van der Waals surface area contributed by atoms with E-state index in [1.165, 1.54) is 7.11 Å². The van der Waals surface area contributed by atoms with Crippen LogP contribution in [0.5, 0.6) is 0 Å². The van der Waals surface area contributed by atoms with E-state index in [2.05, 4.69) is 0 Å². The Bertz CT molecular complexity index is 596. The summed E-state index contributed by atoms with van der Waals surface area (Å²) in [4.78, 5) is 11.9. The third-order valence-electron chi connectivity index (χ3n) is 3.74. The highest BCUT2D eigenvalue weighted by Crippen LogP contribution is 2.40. The second kappa shape index (κ2) is 4.94. The molecule has 0 aromatic heterocycles. The quantitative estimate of drug-likeness (QED) is 0.822. The molecule has 1 aromatic carbocycles. The van der Waals surface area contributed by atoms with Crippen molar-refractivity contribution < 1.29 is 17.9 Å². The molecule has 0 amide bonds. The number of rotatable bonds is 3. The Morgan fingerprint density at radius 1 is 1.42 bits per heavy atom. The van der Waals surface area contributed by atoms with Gasteiger partial charge in [0.25, 0.3) is 0 Å². The molecule has 1 aromatic rings. The molecule has 0 saturated carbocycles. The highest BCUT2D eigenvalue weighted by Gasteiger charge is 2.42. The summed E-state index contributed by atoms with van der Waals surface area (Å²) in [6.07, 6.45) is 0.449. The molecule has 2 rings (SSSR count). The SMILES string of the molecule is COC(=O)CC1(CN)CCS(=O)(=O)c2ccccc21. The lowest BCUT2D eigenvalue weighted by Gasteiger charge is -2.37. The molecule has 1 aliphatic heterocycles. The van der Waals surface area contributed by atoms with Gasteiger partial charge in [0.1, 0.15) is 0 Å². The van der Waals surface area contributed by atoms with Crippen molar-refractivity contribution >= 4 is 15.8 Å². The van der Waals surface area contributed by atoms with Crippen molar-refractivity contribution in [1.82, 2.24) is 0 Å². The van der Waals surface area contributed by atoms with E-state index in [4.69, 9.17) is 10.5 Å².